The van der Waals surface area contributed by atoms with E-state index in [0.29, 0.717) is 17.1 Å². The highest BCUT2D eigenvalue weighted by Gasteiger charge is 2.35. The van der Waals surface area contributed by atoms with Gasteiger partial charge in [0.2, 0.25) is 0 Å². The maximum Gasteiger partial charge on any atom is 0.147 e. The van der Waals surface area contributed by atoms with Crippen LogP contribution in [0.2, 0.25) is 5.02 Å². The smallest absolute Gasteiger partial charge is 0.147 e. The van der Waals surface area contributed by atoms with Crippen LogP contribution in [0, 0.1) is 0 Å². The number of thiophene rings is 1. The molecule has 1 aliphatic heterocycles. The minimum Gasteiger partial charge on any atom is -0.394 e. The van der Waals surface area contributed by atoms with Crippen molar-refractivity contribution in [1.82, 2.24) is 14.5 Å². The van der Waals surface area contributed by atoms with E-state index in [1.165, 1.54) is 6.33 Å². The number of fused-ring (bicyclic) bond motifs is 1. The Morgan fingerprint density at radius 3 is 3.00 bits per heavy atom. The summed E-state index contributed by atoms with van der Waals surface area (Å²) in [6, 6.07) is 1.98. The Kier molecular flexibility index (Phi) is 3.82. The molecule has 120 valence electrons. The van der Waals surface area contributed by atoms with Crippen molar-refractivity contribution < 1.29 is 14.9 Å². The Balaban J connectivity index is 1.83. The maximum absolute atomic E-state index is 9.94. The van der Waals surface area contributed by atoms with Gasteiger partial charge < -0.3 is 19.5 Å². The van der Waals surface area contributed by atoms with Crippen LogP contribution >= 0.6 is 22.9 Å². The molecule has 3 atom stereocenters. The molecule has 0 radical (unpaired) electrons. The van der Waals surface area contributed by atoms with E-state index >= 15 is 0 Å². The van der Waals surface area contributed by atoms with Gasteiger partial charge in [-0.15, -0.1) is 0 Å². The summed E-state index contributed by atoms with van der Waals surface area (Å²) in [5.74, 6) is 0. The number of hydrogen-bond acceptors (Lipinski definition) is 6. The van der Waals surface area contributed by atoms with Crippen molar-refractivity contribution in [3.05, 3.63) is 34.4 Å². The Morgan fingerprint density at radius 1 is 1.43 bits per heavy atom. The molecule has 0 spiro atoms. The molecule has 4 rings (SSSR count). The van der Waals surface area contributed by atoms with Crippen LogP contribution in [-0.4, -0.2) is 43.6 Å². The van der Waals surface area contributed by atoms with E-state index in [1.807, 2.05) is 16.8 Å². The van der Waals surface area contributed by atoms with E-state index in [-0.39, 0.29) is 6.61 Å². The lowest BCUT2D eigenvalue weighted by molar-refractivity contribution is -0.0430. The third-order valence-electron chi connectivity index (χ3n) is 4.05. The molecule has 0 amide bonds. The average Bonchev–Trinajstić information content (AvgIpc) is 3.26. The fourth-order valence-electron chi connectivity index (χ4n) is 2.93. The van der Waals surface area contributed by atoms with Crippen LogP contribution in [0.5, 0.6) is 0 Å². The first-order valence-electron chi connectivity index (χ1n) is 7.17. The van der Waals surface area contributed by atoms with Gasteiger partial charge in [-0.2, -0.15) is 11.3 Å². The molecule has 3 aromatic heterocycles. The average molecular weight is 352 g/mol. The zero-order valence-corrected chi connectivity index (χ0v) is 13.5. The molecule has 8 heteroatoms. The zero-order chi connectivity index (χ0) is 16.0. The highest BCUT2D eigenvalue weighted by molar-refractivity contribution is 7.08. The summed E-state index contributed by atoms with van der Waals surface area (Å²) in [6.07, 6.45) is 1.91. The minimum atomic E-state index is -0.709. The van der Waals surface area contributed by atoms with Crippen molar-refractivity contribution >= 4 is 34.0 Å². The van der Waals surface area contributed by atoms with Crippen molar-refractivity contribution in [1.29, 1.82) is 0 Å². The van der Waals surface area contributed by atoms with E-state index in [2.05, 4.69) is 9.97 Å². The fraction of sp³-hybridized carbons (Fsp3) is 0.333. The quantitative estimate of drug-likeness (QED) is 0.757. The Labute approximate surface area is 140 Å². The van der Waals surface area contributed by atoms with Crippen molar-refractivity contribution in [2.24, 2.45) is 0 Å². The van der Waals surface area contributed by atoms with Crippen molar-refractivity contribution in [3.8, 4) is 11.3 Å². The normalized spacial score (nSPS) is 24.6. The zero-order valence-electron chi connectivity index (χ0n) is 12.0. The molecular formula is C15H14ClN3O3S. The Hall–Kier alpha value is -1.51. The molecule has 0 unspecified atom stereocenters. The molecule has 4 heterocycles. The largest absolute Gasteiger partial charge is 0.394 e. The second kappa shape index (κ2) is 5.85. The van der Waals surface area contributed by atoms with Gasteiger partial charge in [0.15, 0.2) is 0 Å². The molecule has 3 aromatic rings. The standard InChI is InChI=1S/C15H14ClN3O3S/c16-9-4-19(12-3-10(21)11(5-20)22-12)15-13(9)14(17-7-18-15)8-1-2-23-6-8/h1-2,4,6-7,10-12,20-21H,3,5H2/t10-,11+,12+/m0/s1. The van der Waals surface area contributed by atoms with Gasteiger partial charge >= 0.3 is 0 Å². The lowest BCUT2D eigenvalue weighted by atomic mass is 10.2. The summed E-state index contributed by atoms with van der Waals surface area (Å²) >= 11 is 8.01. The number of halogens is 1. The van der Waals surface area contributed by atoms with Crippen molar-refractivity contribution in [3.63, 3.8) is 0 Å². The summed E-state index contributed by atoms with van der Waals surface area (Å²) < 4.78 is 7.51. The lowest BCUT2D eigenvalue weighted by Gasteiger charge is -2.14. The summed E-state index contributed by atoms with van der Waals surface area (Å²) in [5.41, 5.74) is 2.42. The Bertz CT molecular complexity index is 836. The lowest BCUT2D eigenvalue weighted by Crippen LogP contribution is -2.24. The van der Waals surface area contributed by atoms with E-state index < -0.39 is 18.4 Å². The van der Waals surface area contributed by atoms with E-state index in [1.54, 1.807) is 22.1 Å². The predicted molar refractivity (Wildman–Crippen MR) is 87.5 cm³/mol. The van der Waals surface area contributed by atoms with Crippen LogP contribution in [0.25, 0.3) is 22.3 Å². The molecule has 1 aliphatic rings. The maximum atomic E-state index is 9.94. The second-order valence-corrected chi connectivity index (χ2v) is 6.62. The molecule has 1 fully saturated rings. The molecule has 2 N–H and O–H groups in total. The van der Waals surface area contributed by atoms with Crippen LogP contribution < -0.4 is 0 Å². The number of rotatable bonds is 3. The molecule has 0 bridgehead atoms. The number of hydrogen-bond donors (Lipinski definition) is 2. The first-order chi connectivity index (χ1) is 11.2. The fourth-order valence-corrected chi connectivity index (χ4v) is 3.85. The van der Waals surface area contributed by atoms with Crippen LogP contribution in [0.15, 0.2) is 29.4 Å². The van der Waals surface area contributed by atoms with Gasteiger partial charge in [0, 0.05) is 23.6 Å². The molecule has 1 saturated heterocycles. The van der Waals surface area contributed by atoms with E-state index in [0.717, 1.165) is 16.6 Å². The SMILES string of the molecule is OC[C@H]1O[C@@H](n2cc(Cl)c3c(-c4ccsc4)ncnc32)C[C@@H]1O. The molecule has 6 nitrogen and oxygen atoms in total. The molecule has 0 saturated carbocycles. The van der Waals surface area contributed by atoms with E-state index in [9.17, 15) is 10.2 Å². The topological polar surface area (TPSA) is 80.4 Å². The van der Waals surface area contributed by atoms with Gasteiger partial charge in [-0.3, -0.25) is 0 Å². The number of nitrogens with zero attached hydrogens (tertiary/aromatic N) is 3. The van der Waals surface area contributed by atoms with Gasteiger partial charge in [-0.05, 0) is 11.4 Å². The highest BCUT2D eigenvalue weighted by Crippen LogP contribution is 2.38. The minimum absolute atomic E-state index is 0.222. The second-order valence-electron chi connectivity index (χ2n) is 5.43. The third kappa shape index (κ3) is 2.45. The van der Waals surface area contributed by atoms with Crippen LogP contribution in [-0.2, 0) is 4.74 Å². The highest BCUT2D eigenvalue weighted by atomic mass is 35.5. The number of ether oxygens (including phenoxy) is 1. The number of aliphatic hydroxyl groups is 2. The van der Waals surface area contributed by atoms with Crippen LogP contribution in [0.3, 0.4) is 0 Å². The first-order valence-corrected chi connectivity index (χ1v) is 8.49. The summed E-state index contributed by atoms with van der Waals surface area (Å²) in [6.45, 7) is -0.222. The van der Waals surface area contributed by atoms with Crippen LogP contribution in [0.1, 0.15) is 12.6 Å². The van der Waals surface area contributed by atoms with Crippen LogP contribution in [0.4, 0.5) is 0 Å². The Morgan fingerprint density at radius 2 is 2.30 bits per heavy atom. The monoisotopic (exact) mass is 351 g/mol. The van der Waals surface area contributed by atoms with Crippen molar-refractivity contribution in [2.45, 2.75) is 24.9 Å². The number of aliphatic hydroxyl groups excluding tert-OH is 2. The molecule has 23 heavy (non-hydrogen) atoms. The molecular weight excluding hydrogens is 338 g/mol. The number of aromatic nitrogens is 3. The summed E-state index contributed by atoms with van der Waals surface area (Å²) in [5, 5.41) is 24.5. The van der Waals surface area contributed by atoms with Gasteiger partial charge in [0.25, 0.3) is 0 Å². The van der Waals surface area contributed by atoms with Crippen molar-refractivity contribution in [2.75, 3.05) is 6.61 Å². The van der Waals surface area contributed by atoms with Gasteiger partial charge in [-0.25, -0.2) is 9.97 Å². The molecule has 0 aliphatic carbocycles. The molecule has 0 aromatic carbocycles. The predicted octanol–water partition coefficient (Wildman–Crippen LogP) is 2.45. The summed E-state index contributed by atoms with van der Waals surface area (Å²) in [7, 11) is 0. The van der Waals surface area contributed by atoms with Gasteiger partial charge in [0.1, 0.15) is 24.3 Å². The van der Waals surface area contributed by atoms with Gasteiger partial charge in [0.05, 0.1) is 28.8 Å². The third-order valence-corrected chi connectivity index (χ3v) is 5.02. The summed E-state index contributed by atoms with van der Waals surface area (Å²) in [4.78, 5) is 8.70. The van der Waals surface area contributed by atoms with Gasteiger partial charge in [-0.1, -0.05) is 11.6 Å². The van der Waals surface area contributed by atoms with E-state index in [4.69, 9.17) is 16.3 Å². The first kappa shape index (κ1) is 15.0.